The fraction of sp³-hybridized carbons (Fsp3) is 1.00. The summed E-state index contributed by atoms with van der Waals surface area (Å²) in [5.41, 5.74) is 0. The quantitative estimate of drug-likeness (QED) is 0.511. The summed E-state index contributed by atoms with van der Waals surface area (Å²) in [4.78, 5) is 17.5. The largest absolute Gasteiger partial charge is 0.469 e. The second kappa shape index (κ2) is 6.72. The molecule has 0 aliphatic heterocycles. The van der Waals surface area contributed by atoms with Crippen molar-refractivity contribution in [1.29, 1.82) is 0 Å². The third-order valence-electron chi connectivity index (χ3n) is 3.57. The van der Waals surface area contributed by atoms with Crippen molar-refractivity contribution < 1.29 is 23.4 Å². The van der Waals surface area contributed by atoms with Crippen LogP contribution in [0.5, 0.6) is 0 Å². The predicted octanol–water partition coefficient (Wildman–Crippen LogP) is 1.75. The molecule has 1 atom stereocenters. The molecule has 0 aliphatic rings. The van der Waals surface area contributed by atoms with Crippen LogP contribution in [0, 0.1) is 0 Å². The summed E-state index contributed by atoms with van der Waals surface area (Å²) in [6, 6.07) is 0.146. The topological polar surface area (TPSA) is 66.8 Å². The smallest absolute Gasteiger partial charge is 0.320 e. The molecule has 2 N–H and O–H groups in total. The van der Waals surface area contributed by atoms with E-state index in [2.05, 4.69) is 25.3 Å². The highest BCUT2D eigenvalue weighted by Crippen LogP contribution is 2.36. The van der Waals surface area contributed by atoms with Crippen molar-refractivity contribution in [3.63, 3.8) is 0 Å². The fourth-order valence-electron chi connectivity index (χ4n) is 2.29. The number of rotatable bonds is 8. The van der Waals surface area contributed by atoms with Gasteiger partial charge in [0.25, 0.3) is 0 Å². The van der Waals surface area contributed by atoms with E-state index in [1.807, 2.05) is 6.92 Å². The van der Waals surface area contributed by atoms with Crippen LogP contribution in [-0.2, 0) is 9.09 Å². The first-order valence-electron chi connectivity index (χ1n) is 5.91. The molecule has 0 saturated carbocycles. The van der Waals surface area contributed by atoms with E-state index in [1.165, 1.54) is 0 Å². The standard InChI is InChI=1S/C10H24NO4P/c1-5-10(9-15-16(12,13)14)11(6-2,7-3)8-4/h10H,5-9H2,1-4H3,(H-,12,13,14)/p+1. The number of hydrogen-bond donors (Lipinski definition) is 2. The lowest BCUT2D eigenvalue weighted by molar-refractivity contribution is -0.947. The normalized spacial score (nSPS) is 15.1. The van der Waals surface area contributed by atoms with Gasteiger partial charge in [-0.25, -0.2) is 4.57 Å². The maximum atomic E-state index is 10.7. The summed E-state index contributed by atoms with van der Waals surface area (Å²) in [5, 5.41) is 0. The molecule has 0 spiro atoms. The number of phosphoric acid groups is 1. The van der Waals surface area contributed by atoms with Crippen LogP contribution in [0.1, 0.15) is 34.1 Å². The molecule has 0 bridgehead atoms. The molecule has 0 aromatic rings. The van der Waals surface area contributed by atoms with Crippen LogP contribution in [0.4, 0.5) is 0 Å². The van der Waals surface area contributed by atoms with Gasteiger partial charge in [0, 0.05) is 0 Å². The molecule has 5 nitrogen and oxygen atoms in total. The Labute approximate surface area is 98.2 Å². The number of hydrogen-bond acceptors (Lipinski definition) is 2. The van der Waals surface area contributed by atoms with Crippen molar-refractivity contribution in [3.05, 3.63) is 0 Å². The van der Waals surface area contributed by atoms with Crippen molar-refractivity contribution in [2.75, 3.05) is 26.2 Å². The van der Waals surface area contributed by atoms with Gasteiger partial charge in [0.15, 0.2) is 0 Å². The third kappa shape index (κ3) is 4.52. The van der Waals surface area contributed by atoms with Gasteiger partial charge < -0.3 is 14.3 Å². The lowest BCUT2D eigenvalue weighted by Crippen LogP contribution is -2.56. The highest BCUT2D eigenvalue weighted by molar-refractivity contribution is 7.46. The molecular weight excluding hydrogens is 229 g/mol. The Morgan fingerprint density at radius 3 is 1.81 bits per heavy atom. The van der Waals surface area contributed by atoms with E-state index >= 15 is 0 Å². The van der Waals surface area contributed by atoms with Crippen molar-refractivity contribution in [1.82, 2.24) is 0 Å². The Kier molecular flexibility index (Phi) is 6.75. The van der Waals surface area contributed by atoms with Gasteiger partial charge in [-0.05, 0) is 27.2 Å². The maximum absolute atomic E-state index is 10.7. The fourth-order valence-corrected chi connectivity index (χ4v) is 2.66. The van der Waals surface area contributed by atoms with Crippen LogP contribution < -0.4 is 0 Å². The van der Waals surface area contributed by atoms with E-state index in [-0.39, 0.29) is 12.6 Å². The van der Waals surface area contributed by atoms with Gasteiger partial charge in [-0.15, -0.1) is 0 Å². The van der Waals surface area contributed by atoms with E-state index in [4.69, 9.17) is 9.79 Å². The maximum Gasteiger partial charge on any atom is 0.469 e. The van der Waals surface area contributed by atoms with Crippen molar-refractivity contribution in [3.8, 4) is 0 Å². The second-order valence-corrected chi connectivity index (χ2v) is 5.25. The Morgan fingerprint density at radius 1 is 1.12 bits per heavy atom. The van der Waals surface area contributed by atoms with Gasteiger partial charge >= 0.3 is 7.82 Å². The predicted molar refractivity (Wildman–Crippen MR) is 64.0 cm³/mol. The Bertz CT molecular complexity index is 229. The average molecular weight is 254 g/mol. The lowest BCUT2D eigenvalue weighted by Gasteiger charge is -2.42. The van der Waals surface area contributed by atoms with Crippen LogP contribution in [0.3, 0.4) is 0 Å². The van der Waals surface area contributed by atoms with Crippen LogP contribution in [0.25, 0.3) is 0 Å². The molecule has 0 aromatic heterocycles. The molecule has 0 fully saturated rings. The molecule has 6 heteroatoms. The first-order valence-corrected chi connectivity index (χ1v) is 7.44. The monoisotopic (exact) mass is 254 g/mol. The van der Waals surface area contributed by atoms with E-state index < -0.39 is 7.82 Å². The highest BCUT2D eigenvalue weighted by Gasteiger charge is 2.32. The van der Waals surface area contributed by atoms with E-state index in [9.17, 15) is 4.57 Å². The molecule has 0 radical (unpaired) electrons. The Morgan fingerprint density at radius 2 is 1.56 bits per heavy atom. The summed E-state index contributed by atoms with van der Waals surface area (Å²) in [5.74, 6) is 0. The van der Waals surface area contributed by atoms with Crippen LogP contribution >= 0.6 is 7.82 Å². The summed E-state index contributed by atoms with van der Waals surface area (Å²) in [6.07, 6.45) is 0.857. The molecule has 0 rings (SSSR count). The molecular formula is C10H25NO4P+. The Hall–Kier alpha value is 0.0700. The summed E-state index contributed by atoms with van der Waals surface area (Å²) >= 11 is 0. The molecule has 0 aromatic carbocycles. The summed E-state index contributed by atoms with van der Waals surface area (Å²) < 4.78 is 16.2. The van der Waals surface area contributed by atoms with Gasteiger partial charge in [0.05, 0.1) is 19.6 Å². The first kappa shape index (κ1) is 16.1. The minimum absolute atomic E-state index is 0.121. The van der Waals surface area contributed by atoms with Gasteiger partial charge in [0.1, 0.15) is 12.6 Å². The summed E-state index contributed by atoms with van der Waals surface area (Å²) in [6.45, 7) is 11.3. The minimum Gasteiger partial charge on any atom is -0.320 e. The molecule has 0 aliphatic carbocycles. The van der Waals surface area contributed by atoms with Crippen LogP contribution in [-0.4, -0.2) is 46.6 Å². The van der Waals surface area contributed by atoms with Gasteiger partial charge in [-0.2, -0.15) is 0 Å². The highest BCUT2D eigenvalue weighted by atomic mass is 31.2. The number of phosphoric ester groups is 1. The number of quaternary nitrogens is 1. The molecule has 1 unspecified atom stereocenters. The van der Waals surface area contributed by atoms with Crippen molar-refractivity contribution >= 4 is 7.82 Å². The SMILES string of the molecule is CCC(COP(=O)(O)O)[N+](CC)(CC)CC. The number of likely N-dealkylation sites (N-methyl/N-ethyl adjacent to an activating group) is 1. The van der Waals surface area contributed by atoms with E-state index in [1.54, 1.807) is 0 Å². The Balaban J connectivity index is 4.62. The molecule has 16 heavy (non-hydrogen) atoms. The zero-order valence-corrected chi connectivity index (χ0v) is 11.6. The zero-order valence-electron chi connectivity index (χ0n) is 10.7. The van der Waals surface area contributed by atoms with Gasteiger partial charge in [-0.3, -0.25) is 4.52 Å². The first-order chi connectivity index (χ1) is 7.35. The van der Waals surface area contributed by atoms with Gasteiger partial charge in [-0.1, -0.05) is 6.92 Å². The zero-order chi connectivity index (χ0) is 12.8. The van der Waals surface area contributed by atoms with Crippen LogP contribution in [0.15, 0.2) is 0 Å². The van der Waals surface area contributed by atoms with Gasteiger partial charge in [0.2, 0.25) is 0 Å². The second-order valence-electron chi connectivity index (χ2n) is 4.02. The van der Waals surface area contributed by atoms with E-state index in [0.29, 0.717) is 0 Å². The molecule has 98 valence electrons. The summed E-state index contributed by atoms with van der Waals surface area (Å²) in [7, 11) is -4.34. The van der Waals surface area contributed by atoms with Crippen molar-refractivity contribution in [2.24, 2.45) is 0 Å². The minimum atomic E-state index is -4.34. The molecule has 0 heterocycles. The van der Waals surface area contributed by atoms with Crippen molar-refractivity contribution in [2.45, 2.75) is 40.2 Å². The lowest BCUT2D eigenvalue weighted by atomic mass is 10.1. The third-order valence-corrected chi connectivity index (χ3v) is 4.06. The number of nitrogens with zero attached hydrogens (tertiary/aromatic N) is 1. The van der Waals surface area contributed by atoms with Crippen LogP contribution in [0.2, 0.25) is 0 Å². The molecule has 0 amide bonds. The molecule has 0 saturated heterocycles. The van der Waals surface area contributed by atoms with E-state index in [0.717, 1.165) is 30.5 Å². The average Bonchev–Trinajstić information content (AvgIpc) is 2.23.